The van der Waals surface area contributed by atoms with E-state index < -0.39 is 11.9 Å². The van der Waals surface area contributed by atoms with Crippen LogP contribution in [-0.4, -0.2) is 14.8 Å². The number of nitrogens with zero attached hydrogens (tertiary/aromatic N) is 3. The summed E-state index contributed by atoms with van der Waals surface area (Å²) in [6, 6.07) is 10.1. The van der Waals surface area contributed by atoms with Gasteiger partial charge in [0, 0.05) is 17.1 Å². The van der Waals surface area contributed by atoms with Crippen molar-refractivity contribution in [1.29, 1.82) is 0 Å². The van der Waals surface area contributed by atoms with Crippen molar-refractivity contribution in [2.45, 2.75) is 12.7 Å². The van der Waals surface area contributed by atoms with Gasteiger partial charge in [0.15, 0.2) is 5.69 Å². The Kier molecular flexibility index (Phi) is 3.33. The van der Waals surface area contributed by atoms with E-state index >= 15 is 0 Å². The van der Waals surface area contributed by atoms with Crippen LogP contribution >= 0.6 is 11.6 Å². The highest BCUT2D eigenvalue weighted by molar-refractivity contribution is 6.30. The van der Waals surface area contributed by atoms with Gasteiger partial charge in [-0.3, -0.25) is 4.68 Å². The Balaban J connectivity index is 1.94. The monoisotopic (exact) mass is 311 g/mol. The van der Waals surface area contributed by atoms with Gasteiger partial charge in [-0.1, -0.05) is 29.8 Å². The predicted molar refractivity (Wildman–Crippen MR) is 73.1 cm³/mol. The summed E-state index contributed by atoms with van der Waals surface area (Å²) in [6.07, 6.45) is -3.18. The Labute approximate surface area is 123 Å². The van der Waals surface area contributed by atoms with Crippen molar-refractivity contribution in [2.24, 2.45) is 0 Å². The smallest absolute Gasteiger partial charge is 0.268 e. The van der Waals surface area contributed by atoms with E-state index in [1.165, 1.54) is 10.9 Å². The van der Waals surface area contributed by atoms with E-state index in [4.69, 9.17) is 11.6 Å². The topological polar surface area (TPSA) is 30.7 Å². The number of hydrogen-bond acceptors (Lipinski definition) is 2. The lowest BCUT2D eigenvalue weighted by molar-refractivity contribution is -0.141. The molecule has 0 bridgehead atoms. The van der Waals surface area contributed by atoms with E-state index in [9.17, 15) is 13.2 Å². The molecular weight excluding hydrogens is 303 g/mol. The van der Waals surface area contributed by atoms with Gasteiger partial charge >= 0.3 is 6.18 Å². The van der Waals surface area contributed by atoms with E-state index in [0.717, 1.165) is 17.0 Å². The van der Waals surface area contributed by atoms with E-state index in [-0.39, 0.29) is 11.7 Å². The van der Waals surface area contributed by atoms with Crippen molar-refractivity contribution in [1.82, 2.24) is 14.8 Å². The molecule has 21 heavy (non-hydrogen) atoms. The number of para-hydroxylation sites is 1. The van der Waals surface area contributed by atoms with Crippen molar-refractivity contribution >= 4 is 22.5 Å². The van der Waals surface area contributed by atoms with Crippen LogP contribution in [0.3, 0.4) is 0 Å². The number of pyridine rings is 1. The van der Waals surface area contributed by atoms with Crippen LogP contribution in [-0.2, 0) is 12.7 Å². The van der Waals surface area contributed by atoms with Crippen molar-refractivity contribution in [3.63, 3.8) is 0 Å². The first-order valence-corrected chi connectivity index (χ1v) is 6.46. The molecule has 1 aromatic carbocycles. The Bertz CT molecular complexity index is 796. The number of fused-ring (bicyclic) bond motifs is 1. The normalized spacial score (nSPS) is 12.0. The number of hydrogen-bond donors (Lipinski definition) is 0. The summed E-state index contributed by atoms with van der Waals surface area (Å²) >= 11 is 6.08. The molecule has 0 saturated carbocycles. The van der Waals surface area contributed by atoms with Gasteiger partial charge in [0.25, 0.3) is 0 Å². The minimum atomic E-state index is -4.45. The van der Waals surface area contributed by atoms with Crippen molar-refractivity contribution in [3.8, 4) is 0 Å². The summed E-state index contributed by atoms with van der Waals surface area (Å²) < 4.78 is 38.7. The Morgan fingerprint density at radius 3 is 2.62 bits per heavy atom. The minimum Gasteiger partial charge on any atom is -0.268 e. The lowest BCUT2D eigenvalue weighted by Crippen LogP contribution is -2.08. The summed E-state index contributed by atoms with van der Waals surface area (Å²) in [5.74, 6) is 0. The molecule has 7 heteroatoms. The summed E-state index contributed by atoms with van der Waals surface area (Å²) in [5, 5.41) is 4.64. The van der Waals surface area contributed by atoms with E-state index in [2.05, 4.69) is 10.1 Å². The minimum absolute atomic E-state index is 0.132. The fourth-order valence-corrected chi connectivity index (χ4v) is 2.23. The predicted octanol–water partition coefficient (Wildman–Crippen LogP) is 4.15. The molecule has 0 aliphatic heterocycles. The molecule has 0 saturated heterocycles. The summed E-state index contributed by atoms with van der Waals surface area (Å²) in [7, 11) is 0. The third-order valence-corrected chi connectivity index (χ3v) is 3.34. The van der Waals surface area contributed by atoms with Crippen LogP contribution in [0.5, 0.6) is 0 Å². The molecule has 0 N–H and O–H groups in total. The maximum absolute atomic E-state index is 12.5. The number of benzene rings is 1. The molecule has 3 nitrogen and oxygen atoms in total. The van der Waals surface area contributed by atoms with Crippen LogP contribution in [0.15, 0.2) is 42.6 Å². The van der Waals surface area contributed by atoms with Crippen molar-refractivity contribution < 1.29 is 13.2 Å². The number of aromatic nitrogens is 3. The SMILES string of the molecule is FC(F)(F)c1ccn(Cc2cc3ccccc3nc2Cl)n1. The maximum Gasteiger partial charge on any atom is 0.435 e. The summed E-state index contributed by atoms with van der Waals surface area (Å²) in [6.45, 7) is 0.132. The molecule has 2 aromatic heterocycles. The van der Waals surface area contributed by atoms with Crippen LogP contribution in [0.1, 0.15) is 11.3 Å². The van der Waals surface area contributed by atoms with Gasteiger partial charge in [-0.2, -0.15) is 18.3 Å². The molecule has 0 radical (unpaired) electrons. The molecule has 3 rings (SSSR count). The molecule has 0 unspecified atom stereocenters. The van der Waals surface area contributed by atoms with E-state index in [1.54, 1.807) is 6.07 Å². The fourth-order valence-electron chi connectivity index (χ4n) is 2.02. The second-order valence-corrected chi connectivity index (χ2v) is 4.89. The molecule has 0 aliphatic carbocycles. The molecule has 0 spiro atoms. The standard InChI is InChI=1S/C14H9ClF3N3/c15-13-10(7-9-3-1-2-4-11(9)19-13)8-21-6-5-12(20-21)14(16,17)18/h1-7H,8H2. The zero-order valence-electron chi connectivity index (χ0n) is 10.6. The van der Waals surface area contributed by atoms with Gasteiger partial charge < -0.3 is 0 Å². The first-order valence-electron chi connectivity index (χ1n) is 6.08. The lowest BCUT2D eigenvalue weighted by Gasteiger charge is -2.07. The fraction of sp³-hybridized carbons (Fsp3) is 0.143. The van der Waals surface area contributed by atoms with Crippen molar-refractivity contribution in [3.05, 3.63) is 59.0 Å². The van der Waals surface area contributed by atoms with Crippen LogP contribution in [0.25, 0.3) is 10.9 Å². The number of rotatable bonds is 2. The van der Waals surface area contributed by atoms with Crippen molar-refractivity contribution in [2.75, 3.05) is 0 Å². The quantitative estimate of drug-likeness (QED) is 0.666. The molecular formula is C14H9ClF3N3. The van der Waals surface area contributed by atoms with Gasteiger partial charge in [0.1, 0.15) is 5.15 Å². The van der Waals surface area contributed by atoms with Crippen LogP contribution in [0.4, 0.5) is 13.2 Å². The van der Waals surface area contributed by atoms with Crippen LogP contribution in [0.2, 0.25) is 5.15 Å². The zero-order valence-corrected chi connectivity index (χ0v) is 11.4. The Morgan fingerprint density at radius 2 is 1.90 bits per heavy atom. The molecule has 0 atom stereocenters. The zero-order chi connectivity index (χ0) is 15.0. The molecule has 0 aliphatic rings. The second kappa shape index (κ2) is 5.04. The number of alkyl halides is 3. The number of halogens is 4. The van der Waals surface area contributed by atoms with E-state index in [1.807, 2.05) is 24.3 Å². The highest BCUT2D eigenvalue weighted by Crippen LogP contribution is 2.28. The molecule has 3 aromatic rings. The van der Waals surface area contributed by atoms with Crippen LogP contribution in [0, 0.1) is 0 Å². The Morgan fingerprint density at radius 1 is 1.14 bits per heavy atom. The second-order valence-electron chi connectivity index (χ2n) is 4.53. The molecule has 108 valence electrons. The van der Waals surface area contributed by atoms with Gasteiger partial charge in [-0.05, 0) is 18.2 Å². The Hall–Kier alpha value is -2.08. The van der Waals surface area contributed by atoms with Gasteiger partial charge in [-0.25, -0.2) is 4.98 Å². The summed E-state index contributed by atoms with van der Waals surface area (Å²) in [5.41, 5.74) is 0.433. The maximum atomic E-state index is 12.5. The van der Waals surface area contributed by atoms with Crippen LogP contribution < -0.4 is 0 Å². The first kappa shape index (κ1) is 13.9. The van der Waals surface area contributed by atoms with Gasteiger partial charge in [0.05, 0.1) is 12.1 Å². The molecule has 0 amide bonds. The summed E-state index contributed by atoms with van der Waals surface area (Å²) in [4.78, 5) is 4.23. The average Bonchev–Trinajstić information content (AvgIpc) is 2.88. The average molecular weight is 312 g/mol. The van der Waals surface area contributed by atoms with E-state index in [0.29, 0.717) is 5.56 Å². The van der Waals surface area contributed by atoms with Gasteiger partial charge in [0.2, 0.25) is 0 Å². The molecule has 2 heterocycles. The third-order valence-electron chi connectivity index (χ3n) is 3.01. The highest BCUT2D eigenvalue weighted by atomic mass is 35.5. The largest absolute Gasteiger partial charge is 0.435 e. The highest BCUT2D eigenvalue weighted by Gasteiger charge is 2.33. The van der Waals surface area contributed by atoms with Gasteiger partial charge in [-0.15, -0.1) is 0 Å². The first-order chi connectivity index (χ1) is 9.93. The lowest BCUT2D eigenvalue weighted by atomic mass is 10.1. The molecule has 0 fully saturated rings. The third kappa shape index (κ3) is 2.85.